The molecule has 0 aliphatic heterocycles. The molecule has 0 atom stereocenters. The van der Waals surface area contributed by atoms with E-state index >= 15 is 0 Å². The average molecular weight is 371 g/mol. The van der Waals surface area contributed by atoms with Crippen molar-refractivity contribution in [2.75, 3.05) is 5.32 Å². The largest absolute Gasteiger partial charge is 0.349 e. The van der Waals surface area contributed by atoms with Gasteiger partial charge in [0.2, 0.25) is 0 Å². The van der Waals surface area contributed by atoms with E-state index < -0.39 is 0 Å². The first kappa shape index (κ1) is 18.1. The molecular formula is C22H21N5O. The molecule has 140 valence electrons. The van der Waals surface area contributed by atoms with Gasteiger partial charge in [0.1, 0.15) is 23.9 Å². The van der Waals surface area contributed by atoms with Gasteiger partial charge in [0.05, 0.1) is 0 Å². The van der Waals surface area contributed by atoms with Gasteiger partial charge >= 0.3 is 0 Å². The fourth-order valence-electron chi connectivity index (χ4n) is 5.53. The lowest BCUT2D eigenvalue weighted by Gasteiger charge is -2.54. The van der Waals surface area contributed by atoms with Crippen LogP contribution in [0.15, 0.2) is 35.5 Å². The number of anilines is 1. The molecule has 2 N–H and O–H groups in total. The standard InChI is InChI=1S/C22H21N5O/c23-10-18(11-24)20(12-25)26-19-3-1-15(2-4-19)22(28)27-21-16-6-13-5-14(8-16)9-17(21)7-13/h1-4,13-14,16-17,21,26H,5-9H2,(H,27,28). The summed E-state index contributed by atoms with van der Waals surface area (Å²) in [7, 11) is 0. The van der Waals surface area contributed by atoms with Crippen molar-refractivity contribution in [2.24, 2.45) is 23.7 Å². The summed E-state index contributed by atoms with van der Waals surface area (Å²) in [6.07, 6.45) is 6.41. The quantitative estimate of drug-likeness (QED) is 0.787. The lowest BCUT2D eigenvalue weighted by Crippen LogP contribution is -2.55. The van der Waals surface area contributed by atoms with E-state index in [1.165, 1.54) is 32.1 Å². The number of hydrogen-bond donors (Lipinski definition) is 2. The zero-order chi connectivity index (χ0) is 19.7. The number of amides is 1. The Hall–Kier alpha value is -3.30. The number of hydrogen-bond acceptors (Lipinski definition) is 5. The second-order valence-corrected chi connectivity index (χ2v) is 8.22. The van der Waals surface area contributed by atoms with Crippen LogP contribution in [0.4, 0.5) is 5.69 Å². The Morgan fingerprint density at radius 2 is 1.43 bits per heavy atom. The summed E-state index contributed by atoms with van der Waals surface area (Å²) in [6.45, 7) is 0. The van der Waals surface area contributed by atoms with E-state index in [0.29, 0.717) is 29.1 Å². The molecule has 5 rings (SSSR count). The second kappa shape index (κ2) is 7.37. The first-order valence-corrected chi connectivity index (χ1v) is 9.73. The Balaban J connectivity index is 1.42. The Kier molecular flexibility index (Phi) is 4.76. The van der Waals surface area contributed by atoms with Gasteiger partial charge in [0.15, 0.2) is 5.57 Å². The minimum absolute atomic E-state index is 0.0604. The monoisotopic (exact) mass is 371 g/mol. The Labute approximate surface area is 164 Å². The van der Waals surface area contributed by atoms with E-state index in [1.54, 1.807) is 36.4 Å². The number of carbonyl (C=O) groups excluding carboxylic acids is 1. The lowest BCUT2D eigenvalue weighted by molar-refractivity contribution is -0.0119. The van der Waals surface area contributed by atoms with E-state index in [0.717, 1.165) is 11.8 Å². The van der Waals surface area contributed by atoms with Gasteiger partial charge in [-0.25, -0.2) is 0 Å². The molecule has 28 heavy (non-hydrogen) atoms. The van der Waals surface area contributed by atoms with Crippen LogP contribution in [-0.2, 0) is 0 Å². The number of benzene rings is 1. The molecule has 1 aromatic carbocycles. The number of allylic oxidation sites excluding steroid dienone is 2. The molecule has 0 radical (unpaired) electrons. The van der Waals surface area contributed by atoms with Crippen molar-refractivity contribution < 1.29 is 4.79 Å². The van der Waals surface area contributed by atoms with Crippen molar-refractivity contribution in [3.8, 4) is 18.2 Å². The molecule has 0 unspecified atom stereocenters. The molecule has 0 heterocycles. The van der Waals surface area contributed by atoms with Crippen LogP contribution in [0.1, 0.15) is 42.5 Å². The molecule has 0 saturated heterocycles. The van der Waals surface area contributed by atoms with Crippen molar-refractivity contribution in [1.82, 2.24) is 5.32 Å². The van der Waals surface area contributed by atoms with Crippen LogP contribution in [0.2, 0.25) is 0 Å². The third kappa shape index (κ3) is 3.32. The van der Waals surface area contributed by atoms with Crippen LogP contribution < -0.4 is 10.6 Å². The molecule has 4 aliphatic carbocycles. The molecule has 6 nitrogen and oxygen atoms in total. The zero-order valence-electron chi connectivity index (χ0n) is 15.5. The summed E-state index contributed by atoms with van der Waals surface area (Å²) in [5.74, 6) is 2.93. The van der Waals surface area contributed by atoms with E-state index in [2.05, 4.69) is 10.6 Å². The average Bonchev–Trinajstić information content (AvgIpc) is 2.70. The van der Waals surface area contributed by atoms with Crippen LogP contribution in [0.3, 0.4) is 0 Å². The summed E-state index contributed by atoms with van der Waals surface area (Å²) < 4.78 is 0. The van der Waals surface area contributed by atoms with Crippen molar-refractivity contribution in [2.45, 2.75) is 38.1 Å². The molecule has 4 bridgehead atoms. The fraction of sp³-hybridized carbons (Fsp3) is 0.455. The van der Waals surface area contributed by atoms with Gasteiger partial charge in [-0.05, 0) is 80.0 Å². The molecule has 0 aromatic heterocycles. The predicted molar refractivity (Wildman–Crippen MR) is 102 cm³/mol. The van der Waals surface area contributed by atoms with Gasteiger partial charge in [0, 0.05) is 17.3 Å². The van der Waals surface area contributed by atoms with Crippen LogP contribution >= 0.6 is 0 Å². The SMILES string of the molecule is N#CC(C#N)=C(C#N)Nc1ccc(C(=O)NC2C3CC4CC(C3)CC2C4)cc1. The van der Waals surface area contributed by atoms with E-state index in [4.69, 9.17) is 15.8 Å². The van der Waals surface area contributed by atoms with Crippen LogP contribution in [0.25, 0.3) is 0 Å². The number of carbonyl (C=O) groups is 1. The topological polar surface area (TPSA) is 112 Å². The smallest absolute Gasteiger partial charge is 0.251 e. The molecule has 4 fully saturated rings. The molecular weight excluding hydrogens is 350 g/mol. The molecule has 1 amide bonds. The lowest BCUT2D eigenvalue weighted by atomic mass is 9.54. The Morgan fingerprint density at radius 3 is 1.93 bits per heavy atom. The minimum Gasteiger partial charge on any atom is -0.349 e. The van der Waals surface area contributed by atoms with Crippen molar-refractivity contribution in [1.29, 1.82) is 15.8 Å². The third-order valence-electron chi connectivity index (χ3n) is 6.53. The minimum atomic E-state index is -0.272. The van der Waals surface area contributed by atoms with Crippen molar-refractivity contribution in [3.05, 3.63) is 41.1 Å². The second-order valence-electron chi connectivity index (χ2n) is 8.22. The highest BCUT2D eigenvalue weighted by molar-refractivity contribution is 5.94. The van der Waals surface area contributed by atoms with E-state index in [9.17, 15) is 4.79 Å². The summed E-state index contributed by atoms with van der Waals surface area (Å²) >= 11 is 0. The summed E-state index contributed by atoms with van der Waals surface area (Å²) in [6, 6.07) is 12.2. The highest BCUT2D eigenvalue weighted by Gasteiger charge is 2.48. The van der Waals surface area contributed by atoms with E-state index in [1.807, 2.05) is 6.07 Å². The van der Waals surface area contributed by atoms with Gasteiger partial charge in [-0.15, -0.1) is 0 Å². The van der Waals surface area contributed by atoms with Crippen LogP contribution in [0.5, 0.6) is 0 Å². The van der Waals surface area contributed by atoms with Crippen LogP contribution in [0, 0.1) is 57.7 Å². The Bertz CT molecular complexity index is 897. The molecule has 1 aromatic rings. The van der Waals surface area contributed by atoms with Crippen molar-refractivity contribution in [3.63, 3.8) is 0 Å². The first-order valence-electron chi connectivity index (χ1n) is 9.73. The Morgan fingerprint density at radius 1 is 0.857 bits per heavy atom. The highest BCUT2D eigenvalue weighted by Crippen LogP contribution is 2.53. The maximum Gasteiger partial charge on any atom is 0.251 e. The number of nitrogens with zero attached hydrogens (tertiary/aromatic N) is 3. The maximum atomic E-state index is 12.7. The summed E-state index contributed by atoms with van der Waals surface area (Å²) in [5, 5.41) is 32.9. The summed E-state index contributed by atoms with van der Waals surface area (Å²) in [4.78, 5) is 12.7. The third-order valence-corrected chi connectivity index (χ3v) is 6.53. The van der Waals surface area contributed by atoms with Gasteiger partial charge in [0.25, 0.3) is 5.91 Å². The normalized spacial score (nSPS) is 29.1. The van der Waals surface area contributed by atoms with E-state index in [-0.39, 0.29) is 17.2 Å². The van der Waals surface area contributed by atoms with Crippen LogP contribution in [-0.4, -0.2) is 11.9 Å². The van der Waals surface area contributed by atoms with Gasteiger partial charge in [-0.3, -0.25) is 4.79 Å². The first-order chi connectivity index (χ1) is 13.6. The molecule has 4 saturated carbocycles. The number of nitriles is 3. The van der Waals surface area contributed by atoms with Gasteiger partial charge < -0.3 is 10.6 Å². The molecule has 4 aliphatic rings. The summed E-state index contributed by atoms with van der Waals surface area (Å²) in [5.41, 5.74) is 0.746. The predicted octanol–water partition coefficient (Wildman–Crippen LogP) is 3.48. The fourth-order valence-corrected chi connectivity index (χ4v) is 5.53. The van der Waals surface area contributed by atoms with Gasteiger partial charge in [-0.1, -0.05) is 0 Å². The van der Waals surface area contributed by atoms with Crippen molar-refractivity contribution >= 4 is 11.6 Å². The zero-order valence-corrected chi connectivity index (χ0v) is 15.5. The molecule has 0 spiro atoms. The molecule has 6 heteroatoms. The number of nitrogens with one attached hydrogen (secondary N) is 2. The maximum absolute atomic E-state index is 12.7. The highest BCUT2D eigenvalue weighted by atomic mass is 16.1. The van der Waals surface area contributed by atoms with Gasteiger partial charge in [-0.2, -0.15) is 15.8 Å². The number of rotatable bonds is 4.